The van der Waals surface area contributed by atoms with Crippen molar-refractivity contribution in [1.82, 2.24) is 0 Å². The van der Waals surface area contributed by atoms with Gasteiger partial charge in [-0.05, 0) is 93.0 Å². The molecule has 0 spiro atoms. The molecule has 34 heavy (non-hydrogen) atoms. The van der Waals surface area contributed by atoms with E-state index >= 15 is 0 Å². The number of anilines is 1. The SMILES string of the molecule is CCOc1cc(C=Nc2sc3c(c2C(=O)Nc2cc(C)ccc2C)CCCCCC3)ccc1O. The van der Waals surface area contributed by atoms with Gasteiger partial charge in [0.1, 0.15) is 5.00 Å². The molecule has 1 amide bonds. The molecule has 2 aromatic carbocycles. The Labute approximate surface area is 205 Å². The summed E-state index contributed by atoms with van der Waals surface area (Å²) in [5.74, 6) is 0.434. The normalized spacial score (nSPS) is 13.9. The predicted molar refractivity (Wildman–Crippen MR) is 141 cm³/mol. The van der Waals surface area contributed by atoms with E-state index in [0.29, 0.717) is 17.9 Å². The molecule has 6 heteroatoms. The molecule has 0 bridgehead atoms. The second-order valence-corrected chi connectivity index (χ2v) is 9.87. The number of aromatic hydroxyl groups is 1. The van der Waals surface area contributed by atoms with Crippen molar-refractivity contribution >= 4 is 34.1 Å². The lowest BCUT2D eigenvalue weighted by molar-refractivity contribution is 0.102. The molecule has 1 heterocycles. The number of carbonyl (C=O) groups excluding carboxylic acids is 1. The molecule has 1 aliphatic carbocycles. The highest BCUT2D eigenvalue weighted by atomic mass is 32.1. The number of carbonyl (C=O) groups is 1. The van der Waals surface area contributed by atoms with Crippen molar-refractivity contribution in [2.45, 2.75) is 59.3 Å². The van der Waals surface area contributed by atoms with Crippen LogP contribution in [-0.2, 0) is 12.8 Å². The maximum atomic E-state index is 13.6. The number of amides is 1. The number of nitrogens with zero attached hydrogens (tertiary/aromatic N) is 1. The van der Waals surface area contributed by atoms with E-state index < -0.39 is 0 Å². The Morgan fingerprint density at radius 3 is 2.71 bits per heavy atom. The summed E-state index contributed by atoms with van der Waals surface area (Å²) in [5, 5.41) is 13.9. The number of nitrogens with one attached hydrogen (secondary N) is 1. The van der Waals surface area contributed by atoms with Crippen LogP contribution in [0.5, 0.6) is 11.5 Å². The number of rotatable bonds is 6. The van der Waals surface area contributed by atoms with Gasteiger partial charge >= 0.3 is 0 Å². The van der Waals surface area contributed by atoms with Crippen LogP contribution >= 0.6 is 11.3 Å². The standard InChI is InChI=1S/C28H32N2O3S/c1-4-33-24-16-20(13-14-23(24)31)17-29-28-26(21-9-7-5-6-8-10-25(21)34-28)27(32)30-22-15-18(2)11-12-19(22)3/h11-17,31H,4-10H2,1-3H3,(H,30,32). The van der Waals surface area contributed by atoms with Crippen LogP contribution in [0.4, 0.5) is 10.7 Å². The molecule has 0 aliphatic heterocycles. The Hall–Kier alpha value is -3.12. The second kappa shape index (κ2) is 10.9. The first kappa shape index (κ1) is 24.0. The number of thiophene rings is 1. The lowest BCUT2D eigenvalue weighted by Crippen LogP contribution is -2.15. The first-order chi connectivity index (χ1) is 16.5. The summed E-state index contributed by atoms with van der Waals surface area (Å²) in [6, 6.07) is 11.3. The number of aliphatic imine (C=N–C) groups is 1. The average molecular weight is 477 g/mol. The number of phenols is 1. The summed E-state index contributed by atoms with van der Waals surface area (Å²) < 4.78 is 5.50. The number of phenolic OH excluding ortho intramolecular Hbond substituents is 1. The fraction of sp³-hybridized carbons (Fsp3) is 0.357. The van der Waals surface area contributed by atoms with E-state index in [1.165, 1.54) is 17.7 Å². The predicted octanol–water partition coefficient (Wildman–Crippen LogP) is 7.13. The van der Waals surface area contributed by atoms with Crippen molar-refractivity contribution in [3.05, 3.63) is 69.1 Å². The fourth-order valence-electron chi connectivity index (χ4n) is 4.30. The molecule has 0 fully saturated rings. The second-order valence-electron chi connectivity index (χ2n) is 8.79. The first-order valence-corrected chi connectivity index (χ1v) is 12.8. The molecule has 178 valence electrons. The van der Waals surface area contributed by atoms with Crippen LogP contribution in [-0.4, -0.2) is 23.8 Å². The number of hydrogen-bond acceptors (Lipinski definition) is 5. The number of fused-ring (bicyclic) bond motifs is 1. The first-order valence-electron chi connectivity index (χ1n) is 12.0. The van der Waals surface area contributed by atoms with Crippen LogP contribution in [0.25, 0.3) is 0 Å². The van der Waals surface area contributed by atoms with Gasteiger partial charge in [-0.2, -0.15) is 0 Å². The van der Waals surface area contributed by atoms with Crippen LogP contribution in [0.3, 0.4) is 0 Å². The Bertz CT molecular complexity index is 1210. The van der Waals surface area contributed by atoms with Crippen molar-refractivity contribution < 1.29 is 14.6 Å². The number of hydrogen-bond donors (Lipinski definition) is 2. The zero-order chi connectivity index (χ0) is 24.1. The van der Waals surface area contributed by atoms with Gasteiger partial charge in [0.25, 0.3) is 5.91 Å². The van der Waals surface area contributed by atoms with Gasteiger partial charge in [-0.3, -0.25) is 4.79 Å². The van der Waals surface area contributed by atoms with Gasteiger partial charge in [0, 0.05) is 16.8 Å². The minimum atomic E-state index is -0.0976. The molecule has 5 nitrogen and oxygen atoms in total. The topological polar surface area (TPSA) is 70.9 Å². The Kier molecular flexibility index (Phi) is 7.68. The summed E-state index contributed by atoms with van der Waals surface area (Å²) >= 11 is 1.63. The number of ether oxygens (including phenoxy) is 1. The maximum Gasteiger partial charge on any atom is 0.259 e. The molecule has 0 unspecified atom stereocenters. The van der Waals surface area contributed by atoms with Gasteiger partial charge < -0.3 is 15.2 Å². The molecule has 0 saturated heterocycles. The zero-order valence-corrected chi connectivity index (χ0v) is 20.9. The van der Waals surface area contributed by atoms with Gasteiger partial charge in [0.15, 0.2) is 11.5 Å². The lowest BCUT2D eigenvalue weighted by atomic mass is 9.96. The van der Waals surface area contributed by atoms with Crippen molar-refractivity contribution in [2.75, 3.05) is 11.9 Å². The van der Waals surface area contributed by atoms with E-state index in [2.05, 4.69) is 11.4 Å². The van der Waals surface area contributed by atoms with Gasteiger partial charge in [-0.25, -0.2) is 4.99 Å². The van der Waals surface area contributed by atoms with E-state index in [1.54, 1.807) is 35.8 Å². The highest BCUT2D eigenvalue weighted by molar-refractivity contribution is 7.16. The van der Waals surface area contributed by atoms with E-state index in [-0.39, 0.29) is 11.7 Å². The molecule has 0 atom stereocenters. The van der Waals surface area contributed by atoms with Gasteiger partial charge in [-0.15, -0.1) is 11.3 Å². The summed E-state index contributed by atoms with van der Waals surface area (Å²) in [6.45, 7) is 6.38. The lowest BCUT2D eigenvalue weighted by Gasteiger charge is -2.13. The number of benzene rings is 2. The summed E-state index contributed by atoms with van der Waals surface area (Å²) in [7, 11) is 0. The average Bonchev–Trinajstić information content (AvgIpc) is 3.13. The molecule has 1 aromatic heterocycles. The van der Waals surface area contributed by atoms with Crippen LogP contribution in [0.2, 0.25) is 0 Å². The molecule has 0 radical (unpaired) electrons. The van der Waals surface area contributed by atoms with E-state index in [9.17, 15) is 9.90 Å². The van der Waals surface area contributed by atoms with Crippen LogP contribution in [0, 0.1) is 13.8 Å². The number of aryl methyl sites for hydroxylation is 3. The molecular weight excluding hydrogens is 444 g/mol. The molecule has 0 saturated carbocycles. The largest absolute Gasteiger partial charge is 0.504 e. The fourth-order valence-corrected chi connectivity index (χ4v) is 5.53. The third-order valence-electron chi connectivity index (χ3n) is 6.14. The van der Waals surface area contributed by atoms with Crippen molar-refractivity contribution in [2.24, 2.45) is 4.99 Å². The van der Waals surface area contributed by atoms with Crippen LogP contribution in [0.15, 0.2) is 41.4 Å². The van der Waals surface area contributed by atoms with E-state index in [1.807, 2.05) is 32.9 Å². The Balaban J connectivity index is 1.71. The highest BCUT2D eigenvalue weighted by Crippen LogP contribution is 2.39. The van der Waals surface area contributed by atoms with E-state index in [0.717, 1.165) is 58.6 Å². The van der Waals surface area contributed by atoms with Gasteiger partial charge in [0.05, 0.1) is 12.2 Å². The quantitative estimate of drug-likeness (QED) is 0.372. The van der Waals surface area contributed by atoms with Crippen LogP contribution < -0.4 is 10.1 Å². The third kappa shape index (κ3) is 5.50. The highest BCUT2D eigenvalue weighted by Gasteiger charge is 2.24. The summed E-state index contributed by atoms with van der Waals surface area (Å²) in [4.78, 5) is 19.6. The van der Waals surface area contributed by atoms with Gasteiger partial charge in [0.2, 0.25) is 0 Å². The summed E-state index contributed by atoms with van der Waals surface area (Å²) in [5.41, 5.74) is 5.64. The molecule has 3 aromatic rings. The minimum Gasteiger partial charge on any atom is -0.504 e. The van der Waals surface area contributed by atoms with Crippen LogP contribution in [0.1, 0.15) is 70.1 Å². The van der Waals surface area contributed by atoms with Crippen molar-refractivity contribution in [3.63, 3.8) is 0 Å². The minimum absolute atomic E-state index is 0.0976. The van der Waals surface area contributed by atoms with Crippen molar-refractivity contribution in [3.8, 4) is 11.5 Å². The Morgan fingerprint density at radius 1 is 1.12 bits per heavy atom. The maximum absolute atomic E-state index is 13.6. The molecule has 2 N–H and O–H groups in total. The monoisotopic (exact) mass is 476 g/mol. The molecule has 1 aliphatic rings. The smallest absolute Gasteiger partial charge is 0.259 e. The van der Waals surface area contributed by atoms with Gasteiger partial charge in [-0.1, -0.05) is 25.0 Å². The summed E-state index contributed by atoms with van der Waals surface area (Å²) in [6.07, 6.45) is 8.30. The Morgan fingerprint density at radius 2 is 1.91 bits per heavy atom. The van der Waals surface area contributed by atoms with E-state index in [4.69, 9.17) is 9.73 Å². The zero-order valence-electron chi connectivity index (χ0n) is 20.1. The van der Waals surface area contributed by atoms with Crippen molar-refractivity contribution in [1.29, 1.82) is 0 Å². The third-order valence-corrected chi connectivity index (χ3v) is 7.34. The molecular formula is C28H32N2O3S. The molecule has 4 rings (SSSR count).